The second-order valence-corrected chi connectivity index (χ2v) is 15.7. The van der Waals surface area contributed by atoms with Gasteiger partial charge in [0, 0.05) is 11.3 Å². The van der Waals surface area contributed by atoms with Crippen molar-refractivity contribution in [1.82, 2.24) is 20.5 Å². The summed E-state index contributed by atoms with van der Waals surface area (Å²) in [5, 5.41) is 46.5. The number of amides is 3. The Kier molecular flexibility index (Phi) is 10.3. The van der Waals surface area contributed by atoms with Gasteiger partial charge in [0.1, 0.15) is 33.7 Å². The summed E-state index contributed by atoms with van der Waals surface area (Å²) in [6.07, 6.45) is 1.43. The van der Waals surface area contributed by atoms with Crippen LogP contribution in [0.2, 0.25) is 9.36 Å². The summed E-state index contributed by atoms with van der Waals surface area (Å²) in [6.45, 7) is 2.76. The first-order valence-corrected chi connectivity index (χ1v) is 18.2. The van der Waals surface area contributed by atoms with E-state index in [1.807, 2.05) is 0 Å². The molecule has 0 aliphatic carbocycles. The van der Waals surface area contributed by atoms with Gasteiger partial charge in [0.2, 0.25) is 6.10 Å². The van der Waals surface area contributed by atoms with Crippen LogP contribution < -0.4 is 16.4 Å². The lowest BCUT2D eigenvalue weighted by Crippen LogP contribution is -2.71. The molecule has 21 heteroatoms. The minimum atomic E-state index is -1.88. The normalized spacial score (nSPS) is 24.7. The molecule has 5 aliphatic heterocycles. The molecule has 1 aromatic carbocycles. The number of nitrogen functional groups attached to an aromatic ring is 1. The van der Waals surface area contributed by atoms with Crippen molar-refractivity contribution in [3.05, 3.63) is 44.0 Å². The second-order valence-electron chi connectivity index (χ2n) is 12.6. The van der Waals surface area contributed by atoms with Crippen molar-refractivity contribution in [2.45, 2.75) is 36.8 Å². The Labute approximate surface area is 307 Å². The number of anilines is 1. The molecule has 4 saturated heterocycles. The molecule has 4 fully saturated rings. The maximum Gasteiger partial charge on any atom is 0.352 e. The van der Waals surface area contributed by atoms with E-state index in [9.17, 15) is 44.4 Å². The number of β-lactam (4-membered cyclic amide) rings is 1. The van der Waals surface area contributed by atoms with Crippen molar-refractivity contribution < 1.29 is 53.7 Å². The lowest BCUT2D eigenvalue weighted by Gasteiger charge is -2.52. The Balaban J connectivity index is 1.18. The maximum absolute atomic E-state index is 13.6. The number of phenols is 2. The van der Waals surface area contributed by atoms with Gasteiger partial charge in [-0.3, -0.25) is 19.3 Å². The molecule has 0 saturated carbocycles. The van der Waals surface area contributed by atoms with Gasteiger partial charge >= 0.3 is 11.9 Å². The Hall–Kier alpha value is -4.30. The quantitative estimate of drug-likeness (QED) is 0.0529. The molecule has 8 N–H and O–H groups in total. The fourth-order valence-corrected chi connectivity index (χ4v) is 9.26. The van der Waals surface area contributed by atoms with Crippen LogP contribution in [0, 0.1) is 5.92 Å². The third-order valence-corrected chi connectivity index (χ3v) is 12.3. The molecule has 272 valence electrons. The number of halogens is 2. The third kappa shape index (κ3) is 7.12. The summed E-state index contributed by atoms with van der Waals surface area (Å²) in [4.78, 5) is 74.6. The lowest BCUT2D eigenvalue weighted by atomic mass is 9.85. The van der Waals surface area contributed by atoms with Crippen molar-refractivity contribution in [3.8, 4) is 11.5 Å². The maximum atomic E-state index is 13.6. The summed E-state index contributed by atoms with van der Waals surface area (Å²) >= 11 is 14.3. The average Bonchev–Trinajstić information content (AvgIpc) is 3.44. The highest BCUT2D eigenvalue weighted by Crippen LogP contribution is 2.43. The van der Waals surface area contributed by atoms with E-state index in [0.29, 0.717) is 17.9 Å². The van der Waals surface area contributed by atoms with Crippen LogP contribution in [0.1, 0.15) is 35.3 Å². The first kappa shape index (κ1) is 36.5. The summed E-state index contributed by atoms with van der Waals surface area (Å²) in [7, 11) is 0. The zero-order chi connectivity index (χ0) is 36.8. The number of phenolic OH excluding ortho intramolecular Hbond substituents is 2. The Morgan fingerprint density at radius 2 is 1.82 bits per heavy atom. The summed E-state index contributed by atoms with van der Waals surface area (Å²) in [6, 6.07) is 0.938. The molecule has 0 radical (unpaired) electrons. The Morgan fingerprint density at radius 3 is 2.43 bits per heavy atom. The van der Waals surface area contributed by atoms with Gasteiger partial charge in [-0.05, 0) is 37.3 Å². The highest BCUT2D eigenvalue weighted by molar-refractivity contribution is 8.00. The SMILES string of the molecule is Nc1nc(/C(=N/O[C@@H](CNC(=O)c2ccc(O)c(O)c2Cl)C(=O)O)C(=O)N[C@@H]2C(=O)N3C(C(=O)O)=C(C[N+]45CCC(CC4)CC5)CS[C@H]23)c(Cl)s1. The number of thioether (sulfide) groups is 1. The number of aliphatic carboxylic acids is 2. The van der Waals surface area contributed by atoms with Gasteiger partial charge in [0.15, 0.2) is 22.3 Å². The van der Waals surface area contributed by atoms with Crippen molar-refractivity contribution in [3.63, 3.8) is 0 Å². The zero-order valence-corrected chi connectivity index (χ0v) is 29.6. The first-order valence-electron chi connectivity index (χ1n) is 15.6. The molecule has 3 atom stereocenters. The number of carbonyl (C=O) groups excluding carboxylic acids is 3. The number of carboxylic acid groups (broad SMARTS) is 2. The topological polar surface area (TPSA) is 254 Å². The number of carbonyl (C=O) groups is 5. The molecule has 7 rings (SSSR count). The fourth-order valence-electron chi connectivity index (χ4n) is 6.75. The number of piperidine rings is 3. The molecule has 3 amide bonds. The number of aromatic nitrogens is 1. The highest BCUT2D eigenvalue weighted by atomic mass is 35.5. The van der Waals surface area contributed by atoms with Crippen molar-refractivity contribution in [2.75, 3.05) is 44.2 Å². The van der Waals surface area contributed by atoms with Crippen LogP contribution in [-0.4, -0.2) is 126 Å². The van der Waals surface area contributed by atoms with Crippen LogP contribution in [0.15, 0.2) is 28.6 Å². The van der Waals surface area contributed by atoms with E-state index in [2.05, 4.69) is 20.8 Å². The number of rotatable bonds is 12. The minimum Gasteiger partial charge on any atom is -0.504 e. The Bertz CT molecular complexity index is 1870. The predicted molar refractivity (Wildman–Crippen MR) is 184 cm³/mol. The highest BCUT2D eigenvalue weighted by Gasteiger charge is 2.55. The van der Waals surface area contributed by atoms with Crippen LogP contribution in [0.4, 0.5) is 5.13 Å². The Morgan fingerprint density at radius 1 is 1.14 bits per heavy atom. The standard InChI is InChI=1S/C30H31Cl2N7O10S2/c31-17-14(1-2-15(40)22(17)41)24(42)34-9-16(28(45)46)49-37-19(18-23(32)51-30(33)36-18)25(43)35-20-26(44)38-21(29(47)48)13(11-50-27(20)38)10-39-6-3-12(4-7-39)5-8-39/h1-2,12,16,20,27H,3-11H2,(H7-,33,34,35,36,37,40,41,42,43,45,46,47,48)/p+1/t12?,16-,20+,27+,39?/m0/s1. The molecule has 17 nitrogen and oxygen atoms in total. The van der Waals surface area contributed by atoms with Gasteiger partial charge in [0.05, 0.1) is 36.8 Å². The zero-order valence-electron chi connectivity index (χ0n) is 26.5. The van der Waals surface area contributed by atoms with E-state index in [-0.39, 0.29) is 26.4 Å². The van der Waals surface area contributed by atoms with E-state index in [1.165, 1.54) is 16.7 Å². The van der Waals surface area contributed by atoms with Crippen LogP contribution in [0.3, 0.4) is 0 Å². The molecule has 2 aromatic rings. The summed E-state index contributed by atoms with van der Waals surface area (Å²) < 4.78 is 0.707. The summed E-state index contributed by atoms with van der Waals surface area (Å²) in [5.41, 5.74) is 5.18. The summed E-state index contributed by atoms with van der Waals surface area (Å²) in [5.74, 6) is -5.70. The van der Waals surface area contributed by atoms with E-state index >= 15 is 0 Å². The first-order chi connectivity index (χ1) is 24.2. The lowest BCUT2D eigenvalue weighted by molar-refractivity contribution is -0.938. The van der Waals surface area contributed by atoms with E-state index in [1.54, 1.807) is 0 Å². The number of thiazole rings is 1. The molecule has 51 heavy (non-hydrogen) atoms. The van der Waals surface area contributed by atoms with Crippen LogP contribution in [-0.2, 0) is 24.0 Å². The molecule has 6 heterocycles. The minimum absolute atomic E-state index is 0.0617. The number of oxime groups is 1. The largest absolute Gasteiger partial charge is 0.504 e. The number of aromatic hydroxyl groups is 2. The number of hydrogen-bond acceptors (Lipinski definition) is 13. The van der Waals surface area contributed by atoms with Crippen LogP contribution in [0.5, 0.6) is 11.5 Å². The van der Waals surface area contributed by atoms with Gasteiger partial charge in [0.25, 0.3) is 17.7 Å². The number of fused-ring (bicyclic) bond motifs is 4. The van der Waals surface area contributed by atoms with Crippen LogP contribution >= 0.6 is 46.3 Å². The number of benzene rings is 1. The average molecular weight is 786 g/mol. The number of nitrogens with two attached hydrogens (primary N) is 1. The number of hydrogen-bond donors (Lipinski definition) is 7. The third-order valence-electron chi connectivity index (χ3n) is 9.47. The number of nitrogens with zero attached hydrogens (tertiary/aromatic N) is 4. The molecular weight excluding hydrogens is 753 g/mol. The molecule has 0 unspecified atom stereocenters. The number of nitrogens with one attached hydrogen (secondary N) is 2. The number of carboxylic acids is 2. The molecule has 0 spiro atoms. The molecule has 1 aromatic heterocycles. The van der Waals surface area contributed by atoms with Gasteiger partial charge < -0.3 is 46.1 Å². The van der Waals surface area contributed by atoms with Crippen molar-refractivity contribution in [1.29, 1.82) is 0 Å². The number of quaternary nitrogens is 1. The predicted octanol–water partition coefficient (Wildman–Crippen LogP) is 1.42. The van der Waals surface area contributed by atoms with Gasteiger partial charge in [-0.25, -0.2) is 14.6 Å². The molecule has 5 aliphatic rings. The van der Waals surface area contributed by atoms with Gasteiger partial charge in [-0.1, -0.05) is 39.7 Å². The van der Waals surface area contributed by atoms with Crippen LogP contribution in [0.25, 0.3) is 0 Å². The monoisotopic (exact) mass is 784 g/mol. The van der Waals surface area contributed by atoms with E-state index < -0.39 is 76.0 Å². The van der Waals surface area contributed by atoms with E-state index in [4.69, 9.17) is 33.8 Å². The van der Waals surface area contributed by atoms with Gasteiger partial charge in [-0.15, -0.1) is 11.8 Å². The van der Waals surface area contributed by atoms with Gasteiger partial charge in [-0.2, -0.15) is 0 Å². The van der Waals surface area contributed by atoms with Crippen molar-refractivity contribution >= 4 is 86.8 Å². The molecule has 2 bridgehead atoms. The smallest absolute Gasteiger partial charge is 0.352 e. The van der Waals surface area contributed by atoms with E-state index in [0.717, 1.165) is 72.8 Å². The fraction of sp³-hybridized carbons (Fsp3) is 0.433. The molecular formula is C30H32Cl2N7O10S2+. The van der Waals surface area contributed by atoms with Crippen molar-refractivity contribution in [2.24, 2.45) is 11.1 Å². The second kappa shape index (κ2) is 14.4.